The number of carbonyl (C=O) groups is 2. The molecule has 0 bridgehead atoms. The average molecular weight is 551 g/mol. The van der Waals surface area contributed by atoms with Crippen molar-refractivity contribution in [1.29, 1.82) is 0 Å². The summed E-state index contributed by atoms with van der Waals surface area (Å²) in [6, 6.07) is 23.3. The Kier molecular flexibility index (Phi) is 7.96. The highest BCUT2D eigenvalue weighted by atomic mass is 16.3. The van der Waals surface area contributed by atoms with E-state index in [-0.39, 0.29) is 35.5 Å². The van der Waals surface area contributed by atoms with Crippen molar-refractivity contribution in [3.8, 4) is 0 Å². The molecule has 0 atom stereocenters. The van der Waals surface area contributed by atoms with Crippen molar-refractivity contribution in [2.24, 2.45) is 0 Å². The lowest BCUT2D eigenvalue weighted by atomic mass is 10.1. The molecule has 2 N–H and O–H groups in total. The third-order valence-corrected chi connectivity index (χ3v) is 6.88. The molecule has 2 heterocycles. The zero-order valence-corrected chi connectivity index (χ0v) is 22.8. The Balaban J connectivity index is 1.49. The van der Waals surface area contributed by atoms with E-state index in [1.165, 1.54) is 23.0 Å². The van der Waals surface area contributed by atoms with E-state index in [1.54, 1.807) is 24.3 Å². The summed E-state index contributed by atoms with van der Waals surface area (Å²) in [7, 11) is 0. The lowest BCUT2D eigenvalue weighted by molar-refractivity contribution is -0.116. The fourth-order valence-electron chi connectivity index (χ4n) is 4.76. The van der Waals surface area contributed by atoms with Gasteiger partial charge in [-0.15, -0.1) is 0 Å². The smallest absolute Gasteiger partial charge is 0.332 e. The van der Waals surface area contributed by atoms with E-state index in [1.807, 2.05) is 56.3 Å². The largest absolute Gasteiger partial charge is 0.467 e. The minimum atomic E-state index is -0.684. The molecule has 5 rings (SSSR count). The Morgan fingerprint density at radius 2 is 1.68 bits per heavy atom. The number of hydrogen-bond acceptors (Lipinski definition) is 5. The van der Waals surface area contributed by atoms with Crippen LogP contribution in [0.4, 0.5) is 5.69 Å². The first-order chi connectivity index (χ1) is 19.8. The molecule has 3 aromatic carbocycles. The van der Waals surface area contributed by atoms with Crippen LogP contribution in [-0.2, 0) is 24.3 Å². The van der Waals surface area contributed by atoms with Gasteiger partial charge in [-0.2, -0.15) is 0 Å². The summed E-state index contributed by atoms with van der Waals surface area (Å²) in [5, 5.41) is 5.94. The first-order valence-corrected chi connectivity index (χ1v) is 13.3. The van der Waals surface area contributed by atoms with Crippen LogP contribution in [0.5, 0.6) is 0 Å². The molecule has 9 nitrogen and oxygen atoms in total. The topological polar surface area (TPSA) is 115 Å². The molecule has 0 spiro atoms. The van der Waals surface area contributed by atoms with Crippen molar-refractivity contribution in [3.63, 3.8) is 0 Å². The summed E-state index contributed by atoms with van der Waals surface area (Å²) in [4.78, 5) is 53.2. The van der Waals surface area contributed by atoms with E-state index in [2.05, 4.69) is 10.6 Å². The maximum Gasteiger partial charge on any atom is 0.332 e. The highest BCUT2D eigenvalue weighted by Gasteiger charge is 2.19. The van der Waals surface area contributed by atoms with Crippen LogP contribution in [0.3, 0.4) is 0 Å². The summed E-state index contributed by atoms with van der Waals surface area (Å²) in [6.07, 6.45) is 2.11. The van der Waals surface area contributed by atoms with Crippen molar-refractivity contribution in [2.75, 3.05) is 11.9 Å². The minimum absolute atomic E-state index is 0.0962. The van der Waals surface area contributed by atoms with Crippen molar-refractivity contribution in [2.45, 2.75) is 33.4 Å². The van der Waals surface area contributed by atoms with Crippen LogP contribution >= 0.6 is 0 Å². The number of fused-ring (bicyclic) bond motifs is 1. The van der Waals surface area contributed by atoms with E-state index in [9.17, 15) is 19.2 Å². The number of benzene rings is 3. The quantitative estimate of drug-likeness (QED) is 0.288. The van der Waals surface area contributed by atoms with Crippen LogP contribution in [0.25, 0.3) is 10.9 Å². The normalized spacial score (nSPS) is 11.0. The van der Waals surface area contributed by atoms with Gasteiger partial charge in [-0.1, -0.05) is 48.0 Å². The summed E-state index contributed by atoms with van der Waals surface area (Å²) in [5.74, 6) is -0.369. The molecule has 41 heavy (non-hydrogen) atoms. The van der Waals surface area contributed by atoms with Crippen molar-refractivity contribution in [3.05, 3.63) is 134 Å². The van der Waals surface area contributed by atoms with Gasteiger partial charge < -0.3 is 15.1 Å². The van der Waals surface area contributed by atoms with E-state index < -0.39 is 17.2 Å². The number of nitrogens with one attached hydrogen (secondary N) is 2. The number of anilines is 1. The summed E-state index contributed by atoms with van der Waals surface area (Å²) in [5.41, 5.74) is 2.90. The predicted octanol–water partition coefficient (Wildman–Crippen LogP) is 4.03. The van der Waals surface area contributed by atoms with Crippen molar-refractivity contribution in [1.82, 2.24) is 14.5 Å². The van der Waals surface area contributed by atoms with Gasteiger partial charge in [-0.25, -0.2) is 4.79 Å². The molecule has 9 heteroatoms. The number of rotatable bonds is 9. The summed E-state index contributed by atoms with van der Waals surface area (Å²) < 4.78 is 7.62. The van der Waals surface area contributed by atoms with Gasteiger partial charge in [0, 0.05) is 17.8 Å². The molecular weight excluding hydrogens is 520 g/mol. The van der Waals surface area contributed by atoms with Crippen molar-refractivity contribution >= 4 is 28.4 Å². The fraction of sp³-hybridized carbons (Fsp3) is 0.188. The Hall–Kier alpha value is -5.18. The molecule has 0 aliphatic rings. The van der Waals surface area contributed by atoms with Crippen LogP contribution in [0.1, 0.15) is 32.8 Å². The lowest BCUT2D eigenvalue weighted by Gasteiger charge is -2.15. The van der Waals surface area contributed by atoms with Gasteiger partial charge in [0.25, 0.3) is 11.5 Å². The number of furan rings is 1. The molecule has 208 valence electrons. The molecule has 0 fully saturated rings. The van der Waals surface area contributed by atoms with Crippen molar-refractivity contribution < 1.29 is 14.0 Å². The SMILES string of the molecule is Cc1ccc(NC(=O)Cn2c(=O)n(Cc3ccco3)c(=O)c3ccc(C(=O)NCCc4ccccc4)cc32)c(C)c1. The van der Waals surface area contributed by atoms with Gasteiger partial charge in [0.2, 0.25) is 5.91 Å². The molecule has 0 saturated carbocycles. The fourth-order valence-corrected chi connectivity index (χ4v) is 4.76. The zero-order valence-electron chi connectivity index (χ0n) is 22.8. The van der Waals surface area contributed by atoms with Gasteiger partial charge in [-0.3, -0.25) is 23.5 Å². The second kappa shape index (κ2) is 11.9. The average Bonchev–Trinajstić information content (AvgIpc) is 3.48. The molecule has 0 unspecified atom stereocenters. The van der Waals surface area contributed by atoms with Crippen LogP contribution in [0.15, 0.2) is 99.1 Å². The first-order valence-electron chi connectivity index (χ1n) is 13.3. The van der Waals surface area contributed by atoms with Gasteiger partial charge in [0.05, 0.1) is 23.7 Å². The Labute approximate surface area is 236 Å². The molecule has 0 aliphatic carbocycles. The number of carbonyl (C=O) groups excluding carboxylic acids is 2. The van der Waals surface area contributed by atoms with Gasteiger partial charge in [-0.05, 0) is 67.8 Å². The standard InChI is InChI=1S/C32H30N4O5/c1-21-10-13-27(22(2)17-21)34-29(37)20-35-28-18-24(30(38)33-15-14-23-7-4-3-5-8-23)11-12-26(28)31(39)36(32(35)40)19-25-9-6-16-41-25/h3-13,16-18H,14-15,19-20H2,1-2H3,(H,33,38)(H,34,37). The highest BCUT2D eigenvalue weighted by Crippen LogP contribution is 2.17. The first kappa shape index (κ1) is 27.4. The maximum absolute atomic E-state index is 13.6. The number of nitrogens with zero attached hydrogens (tertiary/aromatic N) is 2. The summed E-state index contributed by atoms with van der Waals surface area (Å²) in [6.45, 7) is 3.80. The second-order valence-electron chi connectivity index (χ2n) is 9.93. The monoisotopic (exact) mass is 550 g/mol. The van der Waals surface area contributed by atoms with E-state index in [0.29, 0.717) is 24.4 Å². The lowest BCUT2D eigenvalue weighted by Crippen LogP contribution is -2.42. The zero-order chi connectivity index (χ0) is 28.9. The van der Waals surface area contributed by atoms with E-state index in [0.717, 1.165) is 21.3 Å². The van der Waals surface area contributed by atoms with Crippen LogP contribution < -0.4 is 21.9 Å². The molecule has 0 saturated heterocycles. The van der Waals surface area contributed by atoms with E-state index >= 15 is 0 Å². The number of aromatic nitrogens is 2. The number of aryl methyl sites for hydroxylation is 2. The molecule has 2 aromatic heterocycles. The highest BCUT2D eigenvalue weighted by molar-refractivity contribution is 5.98. The Morgan fingerprint density at radius 1 is 0.878 bits per heavy atom. The van der Waals surface area contributed by atoms with Gasteiger partial charge >= 0.3 is 5.69 Å². The Morgan fingerprint density at radius 3 is 2.41 bits per heavy atom. The maximum atomic E-state index is 13.6. The molecule has 2 amide bonds. The summed E-state index contributed by atoms with van der Waals surface area (Å²) >= 11 is 0. The van der Waals surface area contributed by atoms with Gasteiger partial charge in [0.1, 0.15) is 12.3 Å². The number of amides is 2. The molecule has 0 radical (unpaired) electrons. The second-order valence-corrected chi connectivity index (χ2v) is 9.93. The van der Waals surface area contributed by atoms with Crippen LogP contribution in [0, 0.1) is 13.8 Å². The number of hydrogen-bond donors (Lipinski definition) is 2. The van der Waals surface area contributed by atoms with Crippen LogP contribution in [-0.4, -0.2) is 27.5 Å². The molecular formula is C32H30N4O5. The minimum Gasteiger partial charge on any atom is -0.467 e. The molecule has 5 aromatic rings. The third kappa shape index (κ3) is 6.19. The van der Waals surface area contributed by atoms with Gasteiger partial charge in [0.15, 0.2) is 0 Å². The third-order valence-electron chi connectivity index (χ3n) is 6.88. The molecule has 0 aliphatic heterocycles. The Bertz CT molecular complexity index is 1840. The predicted molar refractivity (Wildman–Crippen MR) is 157 cm³/mol. The van der Waals surface area contributed by atoms with Crippen LogP contribution in [0.2, 0.25) is 0 Å². The van der Waals surface area contributed by atoms with E-state index in [4.69, 9.17) is 4.42 Å².